The van der Waals surface area contributed by atoms with Crippen LogP contribution >= 0.6 is 15.9 Å². The topological polar surface area (TPSA) is 38.3 Å². The molecule has 0 fully saturated rings. The molecule has 0 aromatic heterocycles. The lowest BCUT2D eigenvalue weighted by Gasteiger charge is -2.14. The van der Waals surface area contributed by atoms with Crippen molar-refractivity contribution in [1.29, 1.82) is 0 Å². The first-order valence-corrected chi connectivity index (χ1v) is 4.93. The van der Waals surface area contributed by atoms with Gasteiger partial charge in [-0.2, -0.15) is 0 Å². The average Bonchev–Trinajstić information content (AvgIpc) is 2.00. The minimum atomic E-state index is -0.123. The smallest absolute Gasteiger partial charge is 0.233 e. The summed E-state index contributed by atoms with van der Waals surface area (Å²) in [6, 6.07) is 0.178. The molecular weight excluding hydrogens is 222 g/mol. The molecule has 0 aromatic rings. The van der Waals surface area contributed by atoms with Gasteiger partial charge in [-0.25, -0.2) is 0 Å². The molecule has 2 unspecified atom stereocenters. The van der Waals surface area contributed by atoms with Crippen LogP contribution < -0.4 is 5.32 Å². The number of alkyl halides is 1. The fourth-order valence-electron chi connectivity index (χ4n) is 0.724. The molecule has 3 nitrogen and oxygen atoms in total. The SMILES string of the molecule is COCCC(C)NC(=O)C(C)Br. The van der Waals surface area contributed by atoms with Crippen molar-refractivity contribution in [2.75, 3.05) is 13.7 Å². The number of nitrogens with one attached hydrogen (secondary N) is 1. The summed E-state index contributed by atoms with van der Waals surface area (Å²) in [5, 5.41) is 2.85. The number of amides is 1. The number of halogens is 1. The number of rotatable bonds is 5. The van der Waals surface area contributed by atoms with Gasteiger partial charge in [0.05, 0.1) is 4.83 Å². The minimum absolute atomic E-state index is 0.0265. The molecule has 0 aliphatic heterocycles. The zero-order valence-electron chi connectivity index (χ0n) is 7.76. The summed E-state index contributed by atoms with van der Waals surface area (Å²) < 4.78 is 4.89. The maximum Gasteiger partial charge on any atom is 0.233 e. The second-order valence-electron chi connectivity index (χ2n) is 2.81. The van der Waals surface area contributed by atoms with Crippen LogP contribution in [0.25, 0.3) is 0 Å². The fourth-order valence-corrected chi connectivity index (χ4v) is 0.857. The molecule has 0 radical (unpaired) electrons. The summed E-state index contributed by atoms with van der Waals surface area (Å²) in [5.74, 6) is 0.0265. The molecule has 0 aromatic carbocycles. The van der Waals surface area contributed by atoms with Gasteiger partial charge < -0.3 is 10.1 Å². The van der Waals surface area contributed by atoms with Crippen LogP contribution in [0.3, 0.4) is 0 Å². The first kappa shape index (κ1) is 11.9. The highest BCUT2D eigenvalue weighted by molar-refractivity contribution is 9.10. The Morgan fingerprint density at radius 2 is 2.17 bits per heavy atom. The molecular formula is C8H16BrNO2. The molecule has 0 bridgehead atoms. The maximum absolute atomic E-state index is 11.1. The van der Waals surface area contributed by atoms with Gasteiger partial charge in [-0.3, -0.25) is 4.79 Å². The van der Waals surface area contributed by atoms with Crippen LogP contribution in [-0.4, -0.2) is 30.5 Å². The van der Waals surface area contributed by atoms with Crippen LogP contribution in [0, 0.1) is 0 Å². The lowest BCUT2D eigenvalue weighted by atomic mass is 10.2. The molecule has 0 spiro atoms. The van der Waals surface area contributed by atoms with Gasteiger partial charge in [-0.05, 0) is 20.3 Å². The van der Waals surface area contributed by atoms with E-state index in [1.807, 2.05) is 6.92 Å². The molecule has 0 rings (SSSR count). The fraction of sp³-hybridized carbons (Fsp3) is 0.875. The van der Waals surface area contributed by atoms with E-state index in [4.69, 9.17) is 4.74 Å². The van der Waals surface area contributed by atoms with Gasteiger partial charge >= 0.3 is 0 Å². The van der Waals surface area contributed by atoms with E-state index in [1.54, 1.807) is 14.0 Å². The van der Waals surface area contributed by atoms with Crippen LogP contribution in [-0.2, 0) is 9.53 Å². The first-order valence-electron chi connectivity index (χ1n) is 4.01. The predicted molar refractivity (Wildman–Crippen MR) is 52.5 cm³/mol. The Morgan fingerprint density at radius 3 is 2.58 bits per heavy atom. The number of carbonyl (C=O) groups is 1. The van der Waals surface area contributed by atoms with E-state index < -0.39 is 0 Å². The van der Waals surface area contributed by atoms with Crippen molar-refractivity contribution in [3.8, 4) is 0 Å². The second-order valence-corrected chi connectivity index (χ2v) is 4.18. The molecule has 0 heterocycles. The van der Waals surface area contributed by atoms with Crippen molar-refractivity contribution in [2.45, 2.75) is 31.1 Å². The minimum Gasteiger partial charge on any atom is -0.385 e. The number of ether oxygens (including phenoxy) is 1. The van der Waals surface area contributed by atoms with Gasteiger partial charge in [-0.15, -0.1) is 0 Å². The van der Waals surface area contributed by atoms with Gasteiger partial charge in [0.2, 0.25) is 5.91 Å². The largest absolute Gasteiger partial charge is 0.385 e. The van der Waals surface area contributed by atoms with E-state index in [-0.39, 0.29) is 16.8 Å². The van der Waals surface area contributed by atoms with E-state index in [0.717, 1.165) is 6.42 Å². The lowest BCUT2D eigenvalue weighted by molar-refractivity contribution is -0.120. The predicted octanol–water partition coefficient (Wildman–Crippen LogP) is 1.31. The van der Waals surface area contributed by atoms with E-state index in [0.29, 0.717) is 6.61 Å². The van der Waals surface area contributed by atoms with Gasteiger partial charge in [0, 0.05) is 19.8 Å². The third kappa shape index (κ3) is 5.55. The standard InChI is InChI=1S/C8H16BrNO2/c1-6(4-5-12-3)10-8(11)7(2)9/h6-7H,4-5H2,1-3H3,(H,10,11). The monoisotopic (exact) mass is 237 g/mol. The van der Waals surface area contributed by atoms with Crippen molar-refractivity contribution in [3.63, 3.8) is 0 Å². The van der Waals surface area contributed by atoms with Crippen molar-refractivity contribution < 1.29 is 9.53 Å². The number of hydrogen-bond acceptors (Lipinski definition) is 2. The third-order valence-corrected chi connectivity index (χ3v) is 1.92. The molecule has 12 heavy (non-hydrogen) atoms. The Hall–Kier alpha value is -0.0900. The van der Waals surface area contributed by atoms with Crippen molar-refractivity contribution in [3.05, 3.63) is 0 Å². The quantitative estimate of drug-likeness (QED) is 0.733. The van der Waals surface area contributed by atoms with Crippen molar-refractivity contribution in [2.24, 2.45) is 0 Å². The third-order valence-electron chi connectivity index (χ3n) is 1.50. The second kappa shape index (κ2) is 6.43. The molecule has 0 saturated heterocycles. The molecule has 72 valence electrons. The van der Waals surface area contributed by atoms with Crippen LogP contribution in [0.1, 0.15) is 20.3 Å². The average molecular weight is 238 g/mol. The van der Waals surface area contributed by atoms with Gasteiger partial charge in [-0.1, -0.05) is 15.9 Å². The lowest BCUT2D eigenvalue weighted by Crippen LogP contribution is -2.37. The summed E-state index contributed by atoms with van der Waals surface area (Å²) in [6.07, 6.45) is 0.849. The molecule has 4 heteroatoms. The molecule has 0 aliphatic carbocycles. The Morgan fingerprint density at radius 1 is 1.58 bits per heavy atom. The molecule has 0 saturated carbocycles. The van der Waals surface area contributed by atoms with E-state index >= 15 is 0 Å². The van der Waals surface area contributed by atoms with E-state index in [2.05, 4.69) is 21.2 Å². The van der Waals surface area contributed by atoms with E-state index in [1.165, 1.54) is 0 Å². The highest BCUT2D eigenvalue weighted by Crippen LogP contribution is 1.98. The van der Waals surface area contributed by atoms with E-state index in [9.17, 15) is 4.79 Å². The van der Waals surface area contributed by atoms with Crippen LogP contribution in [0.5, 0.6) is 0 Å². The van der Waals surface area contributed by atoms with Crippen LogP contribution in [0.4, 0.5) is 0 Å². The summed E-state index contributed by atoms with van der Waals surface area (Å²) in [5.41, 5.74) is 0. The molecule has 1 amide bonds. The molecule has 2 atom stereocenters. The number of carbonyl (C=O) groups excluding carboxylic acids is 1. The summed E-state index contributed by atoms with van der Waals surface area (Å²) in [7, 11) is 1.65. The Kier molecular flexibility index (Phi) is 6.38. The maximum atomic E-state index is 11.1. The van der Waals surface area contributed by atoms with Gasteiger partial charge in [0.25, 0.3) is 0 Å². The number of hydrogen-bond donors (Lipinski definition) is 1. The van der Waals surface area contributed by atoms with Crippen LogP contribution in [0.2, 0.25) is 0 Å². The highest BCUT2D eigenvalue weighted by Gasteiger charge is 2.11. The summed E-state index contributed by atoms with van der Waals surface area (Å²) >= 11 is 3.19. The normalized spacial score (nSPS) is 15.3. The van der Waals surface area contributed by atoms with Crippen molar-refractivity contribution >= 4 is 21.8 Å². The summed E-state index contributed by atoms with van der Waals surface area (Å²) in [6.45, 7) is 4.45. The van der Waals surface area contributed by atoms with Crippen molar-refractivity contribution in [1.82, 2.24) is 5.32 Å². The zero-order valence-corrected chi connectivity index (χ0v) is 9.35. The Labute approximate surface area is 82.0 Å². The Bertz CT molecular complexity index is 139. The van der Waals surface area contributed by atoms with Gasteiger partial charge in [0.1, 0.15) is 0 Å². The first-order chi connectivity index (χ1) is 5.57. The number of methoxy groups -OCH3 is 1. The highest BCUT2D eigenvalue weighted by atomic mass is 79.9. The van der Waals surface area contributed by atoms with Crippen LogP contribution in [0.15, 0.2) is 0 Å². The zero-order chi connectivity index (χ0) is 9.56. The molecule has 0 aliphatic rings. The molecule has 1 N–H and O–H groups in total. The summed E-state index contributed by atoms with van der Waals surface area (Å²) in [4.78, 5) is 11.0. The Balaban J connectivity index is 3.54. The van der Waals surface area contributed by atoms with Gasteiger partial charge in [0.15, 0.2) is 0 Å².